The molecule has 2 rings (SSSR count). The van der Waals surface area contributed by atoms with E-state index >= 15 is 0 Å². The first-order chi connectivity index (χ1) is 15.9. The Morgan fingerprint density at radius 1 is 0.971 bits per heavy atom. The fraction of sp³-hybridized carbons (Fsp3) is 0.444. The second-order valence-electron chi connectivity index (χ2n) is 10.3. The van der Waals surface area contributed by atoms with Gasteiger partial charge >= 0.3 is 6.09 Å². The van der Waals surface area contributed by atoms with Crippen molar-refractivity contribution in [1.29, 1.82) is 0 Å². The van der Waals surface area contributed by atoms with Crippen LogP contribution in [0.5, 0.6) is 0 Å². The van der Waals surface area contributed by atoms with Gasteiger partial charge < -0.3 is 14.5 Å². The van der Waals surface area contributed by atoms with Gasteiger partial charge in [-0.25, -0.2) is 4.79 Å². The number of benzene rings is 2. The van der Waals surface area contributed by atoms with Gasteiger partial charge in [0.25, 0.3) is 8.32 Å². The summed E-state index contributed by atoms with van der Waals surface area (Å²) in [6.45, 7) is 14.1. The van der Waals surface area contributed by atoms with Gasteiger partial charge in [-0.1, -0.05) is 87.5 Å². The standard InChI is InChI=1S/C27H39NO4SSi/c1-8-19-33(30)21-22(28-25(29)32-26(2,3)4)20-31-34(27(5,6)7,23-15-11-9-12-16-23)24-17-13-10-14-18-24/h8-19,22H,20-21H2,1-7H3,(H,28,29)/b19-8+/t22-,33-/m0/s1. The number of ether oxygens (including phenoxy) is 1. The molecule has 0 radical (unpaired) electrons. The molecular formula is C27H39NO4SSi. The Hall–Kier alpha value is -2.22. The molecule has 2 aromatic rings. The van der Waals surface area contributed by atoms with E-state index in [4.69, 9.17) is 9.16 Å². The van der Waals surface area contributed by atoms with E-state index in [2.05, 4.69) is 50.4 Å². The third-order valence-corrected chi connectivity index (χ3v) is 11.6. The lowest BCUT2D eigenvalue weighted by Gasteiger charge is -2.43. The highest BCUT2D eigenvalue weighted by Crippen LogP contribution is 2.36. The summed E-state index contributed by atoms with van der Waals surface area (Å²) in [6.07, 6.45) is 1.21. The predicted octanol–water partition coefficient (Wildman–Crippen LogP) is 4.74. The monoisotopic (exact) mass is 501 g/mol. The molecule has 1 amide bonds. The summed E-state index contributed by atoms with van der Waals surface area (Å²) in [4.78, 5) is 12.6. The quantitative estimate of drug-likeness (QED) is 0.504. The third kappa shape index (κ3) is 7.65. The van der Waals surface area contributed by atoms with Crippen LogP contribution in [0.4, 0.5) is 4.79 Å². The van der Waals surface area contributed by atoms with E-state index < -0.39 is 36.9 Å². The summed E-state index contributed by atoms with van der Waals surface area (Å²) in [6, 6.07) is 20.2. The molecule has 0 aliphatic rings. The number of carbonyl (C=O) groups is 1. The lowest BCUT2D eigenvalue weighted by atomic mass is 10.2. The molecular weight excluding hydrogens is 462 g/mol. The second-order valence-corrected chi connectivity index (χ2v) is 16.0. The maximum atomic E-state index is 12.6. The molecule has 1 N–H and O–H groups in total. The van der Waals surface area contributed by atoms with Crippen LogP contribution in [0.1, 0.15) is 48.5 Å². The molecule has 0 saturated carbocycles. The van der Waals surface area contributed by atoms with Crippen LogP contribution in [0.2, 0.25) is 5.04 Å². The Bertz CT molecular complexity index is 926. The lowest BCUT2D eigenvalue weighted by Crippen LogP contribution is -2.67. The number of rotatable bonds is 9. The molecule has 0 saturated heterocycles. The molecule has 0 unspecified atom stereocenters. The molecule has 0 spiro atoms. The summed E-state index contributed by atoms with van der Waals surface area (Å²) in [5.74, 6) is 0.238. The maximum Gasteiger partial charge on any atom is 0.407 e. The molecule has 0 aromatic heterocycles. The van der Waals surface area contributed by atoms with Gasteiger partial charge in [0, 0.05) is 10.8 Å². The fourth-order valence-electron chi connectivity index (χ4n) is 4.00. The SMILES string of the molecule is C/C=C/[S@](=O)C[C@H](CO[Si](c1ccccc1)(c1ccccc1)C(C)(C)C)NC(=O)OC(C)(C)C. The van der Waals surface area contributed by atoms with Crippen molar-refractivity contribution in [1.82, 2.24) is 5.32 Å². The van der Waals surface area contributed by atoms with Gasteiger partial charge in [0.05, 0.1) is 18.4 Å². The lowest BCUT2D eigenvalue weighted by molar-refractivity contribution is 0.0493. The number of hydrogen-bond donors (Lipinski definition) is 1. The number of allylic oxidation sites excluding steroid dienone is 1. The van der Waals surface area contributed by atoms with E-state index in [-0.39, 0.29) is 17.4 Å². The minimum Gasteiger partial charge on any atom is -0.444 e. The van der Waals surface area contributed by atoms with Crippen LogP contribution in [0, 0.1) is 0 Å². The predicted molar refractivity (Wildman–Crippen MR) is 145 cm³/mol. The van der Waals surface area contributed by atoms with Gasteiger partial charge in [-0.2, -0.15) is 0 Å². The number of hydrogen-bond acceptors (Lipinski definition) is 4. The fourth-order valence-corrected chi connectivity index (χ4v) is 9.60. The zero-order valence-corrected chi connectivity index (χ0v) is 23.3. The molecule has 0 bridgehead atoms. The van der Waals surface area contributed by atoms with Crippen LogP contribution in [-0.4, -0.2) is 42.6 Å². The van der Waals surface area contributed by atoms with Crippen molar-refractivity contribution in [3.8, 4) is 0 Å². The normalized spacial score (nSPS) is 14.6. The van der Waals surface area contributed by atoms with Crippen LogP contribution in [0.25, 0.3) is 0 Å². The van der Waals surface area contributed by atoms with Gasteiger partial charge in [0.1, 0.15) is 5.60 Å². The van der Waals surface area contributed by atoms with Gasteiger partial charge in [-0.05, 0) is 48.5 Å². The van der Waals surface area contributed by atoms with Gasteiger partial charge in [0.15, 0.2) is 0 Å². The molecule has 0 aliphatic carbocycles. The van der Waals surface area contributed by atoms with Gasteiger partial charge in [-0.15, -0.1) is 0 Å². The first-order valence-corrected chi connectivity index (χ1v) is 14.9. The van der Waals surface area contributed by atoms with Crippen molar-refractivity contribution >= 4 is 35.6 Å². The molecule has 34 heavy (non-hydrogen) atoms. The Labute approximate surface area is 208 Å². The van der Waals surface area contributed by atoms with Crippen molar-refractivity contribution in [3.63, 3.8) is 0 Å². The first-order valence-electron chi connectivity index (χ1n) is 11.6. The van der Waals surface area contributed by atoms with E-state index in [1.54, 1.807) is 11.5 Å². The number of carbonyl (C=O) groups excluding carboxylic acids is 1. The van der Waals surface area contributed by atoms with E-state index in [1.807, 2.05) is 64.1 Å². The first kappa shape index (κ1) is 28.0. The second kappa shape index (κ2) is 12.0. The molecule has 0 aliphatic heterocycles. The van der Waals surface area contributed by atoms with Crippen LogP contribution in [-0.2, 0) is 20.0 Å². The van der Waals surface area contributed by atoms with E-state index in [9.17, 15) is 9.00 Å². The highest BCUT2D eigenvalue weighted by Gasteiger charge is 2.50. The Morgan fingerprint density at radius 3 is 1.88 bits per heavy atom. The molecule has 2 atom stereocenters. The Morgan fingerprint density at radius 2 is 1.47 bits per heavy atom. The highest BCUT2D eigenvalue weighted by molar-refractivity contribution is 7.88. The van der Waals surface area contributed by atoms with E-state index in [0.717, 1.165) is 10.4 Å². The summed E-state index contributed by atoms with van der Waals surface area (Å²) < 4.78 is 25.0. The number of amides is 1. The summed E-state index contributed by atoms with van der Waals surface area (Å²) in [7, 11) is -4.03. The molecule has 5 nitrogen and oxygen atoms in total. The van der Waals surface area contributed by atoms with Crippen LogP contribution in [0.15, 0.2) is 72.1 Å². The van der Waals surface area contributed by atoms with Gasteiger partial charge in [0.2, 0.25) is 0 Å². The van der Waals surface area contributed by atoms with Crippen molar-refractivity contribution in [2.24, 2.45) is 0 Å². The van der Waals surface area contributed by atoms with Crippen LogP contribution >= 0.6 is 0 Å². The van der Waals surface area contributed by atoms with Gasteiger partial charge in [-0.3, -0.25) is 4.21 Å². The van der Waals surface area contributed by atoms with Crippen molar-refractivity contribution < 1.29 is 18.2 Å². The summed E-state index contributed by atoms with van der Waals surface area (Å²) in [5.41, 5.74) is -0.629. The van der Waals surface area contributed by atoms with E-state index in [1.165, 1.54) is 0 Å². The maximum absolute atomic E-state index is 12.6. The van der Waals surface area contributed by atoms with Crippen molar-refractivity contribution in [3.05, 3.63) is 72.1 Å². The summed E-state index contributed by atoms with van der Waals surface area (Å²) in [5, 5.41) is 6.63. The minimum atomic E-state index is -2.79. The molecule has 2 aromatic carbocycles. The average Bonchev–Trinajstić information content (AvgIpc) is 2.73. The third-order valence-electron chi connectivity index (χ3n) is 5.29. The number of alkyl carbamates (subject to hydrolysis) is 1. The van der Waals surface area contributed by atoms with Crippen molar-refractivity contribution in [2.45, 2.75) is 65.1 Å². The zero-order chi connectivity index (χ0) is 25.4. The van der Waals surface area contributed by atoms with Crippen LogP contribution in [0.3, 0.4) is 0 Å². The molecule has 0 heterocycles. The smallest absolute Gasteiger partial charge is 0.407 e. The molecule has 7 heteroatoms. The molecule has 0 fully saturated rings. The zero-order valence-electron chi connectivity index (χ0n) is 21.5. The van der Waals surface area contributed by atoms with E-state index in [0.29, 0.717) is 0 Å². The van der Waals surface area contributed by atoms with Crippen LogP contribution < -0.4 is 15.7 Å². The largest absolute Gasteiger partial charge is 0.444 e. The average molecular weight is 502 g/mol. The summed E-state index contributed by atoms with van der Waals surface area (Å²) >= 11 is 0. The highest BCUT2D eigenvalue weighted by atomic mass is 32.2. The number of nitrogens with one attached hydrogen (secondary N) is 1. The Kier molecular flexibility index (Phi) is 9.85. The Balaban J connectivity index is 2.46. The van der Waals surface area contributed by atoms with Crippen molar-refractivity contribution in [2.75, 3.05) is 12.4 Å². The molecule has 186 valence electrons. The minimum absolute atomic E-state index is 0.200. The topological polar surface area (TPSA) is 64.6 Å².